The second-order valence-electron chi connectivity index (χ2n) is 8.08. The molecule has 3 rings (SSSR count). The van der Waals surface area contributed by atoms with E-state index in [1.807, 2.05) is 0 Å². The molecule has 1 saturated carbocycles. The molecule has 1 saturated heterocycles. The molecule has 2 aliphatic rings. The van der Waals surface area contributed by atoms with Crippen LogP contribution in [0.1, 0.15) is 69.8 Å². The predicted molar refractivity (Wildman–Crippen MR) is 101 cm³/mol. The van der Waals surface area contributed by atoms with Gasteiger partial charge < -0.3 is 14.2 Å². The summed E-state index contributed by atoms with van der Waals surface area (Å²) < 4.78 is 56.6. The maximum absolute atomic E-state index is 14.0. The van der Waals surface area contributed by atoms with Crippen molar-refractivity contribution in [1.82, 2.24) is 0 Å². The Morgan fingerprint density at radius 1 is 1.00 bits per heavy atom. The molecule has 0 unspecified atom stereocenters. The fourth-order valence-corrected chi connectivity index (χ4v) is 4.41. The SMILES string of the molecule is CCCCCC1COC(C2CCC(c3cc(F)c(OCF)c(F)c3)CC2)OC1. The van der Waals surface area contributed by atoms with E-state index in [0.29, 0.717) is 17.4 Å². The van der Waals surface area contributed by atoms with Crippen LogP contribution >= 0.6 is 0 Å². The summed E-state index contributed by atoms with van der Waals surface area (Å²) in [6, 6.07) is 2.54. The Kier molecular flexibility index (Phi) is 8.03. The zero-order valence-corrected chi connectivity index (χ0v) is 16.6. The third kappa shape index (κ3) is 5.41. The van der Waals surface area contributed by atoms with Crippen LogP contribution in [0.4, 0.5) is 13.2 Å². The number of unbranched alkanes of at least 4 members (excludes halogenated alkanes) is 2. The molecule has 0 amide bonds. The van der Waals surface area contributed by atoms with Gasteiger partial charge in [0.25, 0.3) is 0 Å². The van der Waals surface area contributed by atoms with E-state index in [1.54, 1.807) is 0 Å². The first kappa shape index (κ1) is 21.4. The Morgan fingerprint density at radius 2 is 1.64 bits per heavy atom. The highest BCUT2D eigenvalue weighted by molar-refractivity contribution is 5.33. The first-order valence-corrected chi connectivity index (χ1v) is 10.5. The molecule has 158 valence electrons. The van der Waals surface area contributed by atoms with Crippen LogP contribution in [-0.2, 0) is 9.47 Å². The van der Waals surface area contributed by atoms with E-state index in [1.165, 1.54) is 31.4 Å². The fourth-order valence-electron chi connectivity index (χ4n) is 4.41. The van der Waals surface area contributed by atoms with Crippen LogP contribution in [0.15, 0.2) is 12.1 Å². The van der Waals surface area contributed by atoms with E-state index in [9.17, 15) is 13.2 Å². The molecule has 0 radical (unpaired) electrons. The lowest BCUT2D eigenvalue weighted by atomic mass is 9.78. The number of ether oxygens (including phenoxy) is 3. The van der Waals surface area contributed by atoms with E-state index in [-0.39, 0.29) is 12.2 Å². The standard InChI is InChI=1S/C22H31F3O3/c1-2-3-4-5-15-12-26-22(27-13-15)17-8-6-16(7-9-17)18-10-19(24)21(28-14-23)20(25)11-18/h10-11,15-17,22H,2-9,12-14H2,1H3. The largest absolute Gasteiger partial charge is 0.457 e. The molecule has 1 aromatic rings. The van der Waals surface area contributed by atoms with Crippen LogP contribution < -0.4 is 4.74 Å². The summed E-state index contributed by atoms with van der Waals surface area (Å²) in [5.41, 5.74) is 0.612. The molecule has 1 aromatic carbocycles. The lowest BCUT2D eigenvalue weighted by Crippen LogP contribution is -2.38. The Hall–Kier alpha value is -1.27. The molecule has 0 N–H and O–H groups in total. The van der Waals surface area contributed by atoms with Crippen LogP contribution in [0, 0.1) is 23.5 Å². The summed E-state index contributed by atoms with van der Waals surface area (Å²) in [5, 5.41) is 0. The minimum Gasteiger partial charge on any atom is -0.457 e. The smallest absolute Gasteiger partial charge is 0.228 e. The highest BCUT2D eigenvalue weighted by Gasteiger charge is 2.33. The third-order valence-electron chi connectivity index (χ3n) is 6.06. The van der Waals surface area contributed by atoms with Gasteiger partial charge >= 0.3 is 0 Å². The second-order valence-corrected chi connectivity index (χ2v) is 8.08. The average molecular weight is 400 g/mol. The van der Waals surface area contributed by atoms with Crippen molar-refractivity contribution in [1.29, 1.82) is 0 Å². The van der Waals surface area contributed by atoms with Gasteiger partial charge in [0.2, 0.25) is 6.86 Å². The van der Waals surface area contributed by atoms with Crippen molar-refractivity contribution in [2.24, 2.45) is 11.8 Å². The van der Waals surface area contributed by atoms with E-state index >= 15 is 0 Å². The molecule has 1 aliphatic carbocycles. The van der Waals surface area contributed by atoms with Crippen LogP contribution in [-0.4, -0.2) is 26.4 Å². The van der Waals surface area contributed by atoms with Crippen molar-refractivity contribution < 1.29 is 27.4 Å². The van der Waals surface area contributed by atoms with Gasteiger partial charge in [-0.1, -0.05) is 26.2 Å². The summed E-state index contributed by atoms with van der Waals surface area (Å²) in [6.45, 7) is 2.48. The van der Waals surface area contributed by atoms with Crippen LogP contribution in [0.25, 0.3) is 0 Å². The van der Waals surface area contributed by atoms with Gasteiger partial charge in [-0.15, -0.1) is 0 Å². The highest BCUT2D eigenvalue weighted by atomic mass is 19.1. The number of alkyl halides is 1. The van der Waals surface area contributed by atoms with Crippen molar-refractivity contribution in [3.63, 3.8) is 0 Å². The first-order valence-electron chi connectivity index (χ1n) is 10.5. The van der Waals surface area contributed by atoms with E-state index in [2.05, 4.69) is 11.7 Å². The molecule has 0 spiro atoms. The summed E-state index contributed by atoms with van der Waals surface area (Å²) in [6.07, 6.45) is 8.18. The van der Waals surface area contributed by atoms with Gasteiger partial charge in [-0.05, 0) is 55.7 Å². The Morgan fingerprint density at radius 3 is 2.21 bits per heavy atom. The van der Waals surface area contributed by atoms with Crippen molar-refractivity contribution in [2.45, 2.75) is 70.5 Å². The molecular weight excluding hydrogens is 369 g/mol. The van der Waals surface area contributed by atoms with Gasteiger partial charge in [0.15, 0.2) is 23.7 Å². The highest BCUT2D eigenvalue weighted by Crippen LogP contribution is 2.40. The van der Waals surface area contributed by atoms with Gasteiger partial charge in [0.1, 0.15) is 0 Å². The quantitative estimate of drug-likeness (QED) is 0.493. The second kappa shape index (κ2) is 10.5. The maximum atomic E-state index is 14.0. The molecular formula is C22H31F3O3. The zero-order valence-electron chi connectivity index (χ0n) is 16.6. The van der Waals surface area contributed by atoms with Crippen molar-refractivity contribution in [3.05, 3.63) is 29.3 Å². The number of halogens is 3. The van der Waals surface area contributed by atoms with Crippen LogP contribution in [0.3, 0.4) is 0 Å². The molecule has 28 heavy (non-hydrogen) atoms. The third-order valence-corrected chi connectivity index (χ3v) is 6.06. The van der Waals surface area contributed by atoms with Crippen LogP contribution in [0.5, 0.6) is 5.75 Å². The van der Waals surface area contributed by atoms with E-state index < -0.39 is 24.2 Å². The molecule has 1 heterocycles. The Labute approximate surface area is 165 Å². The summed E-state index contributed by atoms with van der Waals surface area (Å²) >= 11 is 0. The van der Waals surface area contributed by atoms with Gasteiger partial charge in [0.05, 0.1) is 13.2 Å². The van der Waals surface area contributed by atoms with Gasteiger partial charge in [-0.3, -0.25) is 0 Å². The van der Waals surface area contributed by atoms with Gasteiger partial charge in [-0.25, -0.2) is 13.2 Å². The van der Waals surface area contributed by atoms with Crippen molar-refractivity contribution in [3.8, 4) is 5.75 Å². The molecule has 1 aliphatic heterocycles. The van der Waals surface area contributed by atoms with Crippen LogP contribution in [0.2, 0.25) is 0 Å². The maximum Gasteiger partial charge on any atom is 0.228 e. The van der Waals surface area contributed by atoms with Crippen molar-refractivity contribution >= 4 is 0 Å². The first-order chi connectivity index (χ1) is 13.6. The van der Waals surface area contributed by atoms with Gasteiger partial charge in [0, 0.05) is 11.8 Å². The minimum absolute atomic E-state index is 0.0880. The number of benzene rings is 1. The number of hydrogen-bond acceptors (Lipinski definition) is 3. The van der Waals surface area contributed by atoms with E-state index in [4.69, 9.17) is 9.47 Å². The Bertz CT molecular complexity index is 586. The molecule has 2 fully saturated rings. The molecule has 0 atom stereocenters. The fraction of sp³-hybridized carbons (Fsp3) is 0.727. The number of hydrogen-bond donors (Lipinski definition) is 0. The zero-order chi connectivity index (χ0) is 19.9. The summed E-state index contributed by atoms with van der Waals surface area (Å²) in [4.78, 5) is 0. The topological polar surface area (TPSA) is 27.7 Å². The molecule has 3 nitrogen and oxygen atoms in total. The average Bonchev–Trinajstić information content (AvgIpc) is 2.71. The minimum atomic E-state index is -1.25. The molecule has 0 aromatic heterocycles. The van der Waals surface area contributed by atoms with E-state index in [0.717, 1.165) is 45.3 Å². The Balaban J connectivity index is 1.47. The normalized spacial score (nSPS) is 28.3. The lowest BCUT2D eigenvalue weighted by Gasteiger charge is -2.37. The molecule has 6 heteroatoms. The monoisotopic (exact) mass is 400 g/mol. The lowest BCUT2D eigenvalue weighted by molar-refractivity contribution is -0.229. The van der Waals surface area contributed by atoms with Gasteiger partial charge in [-0.2, -0.15) is 0 Å². The predicted octanol–water partition coefficient (Wildman–Crippen LogP) is 6.11. The molecule has 0 bridgehead atoms. The number of rotatable bonds is 8. The summed E-state index contributed by atoms with van der Waals surface area (Å²) in [7, 11) is 0. The summed E-state index contributed by atoms with van der Waals surface area (Å²) in [5.74, 6) is -1.42. The van der Waals surface area contributed by atoms with Crippen molar-refractivity contribution in [2.75, 3.05) is 20.1 Å².